The number of aryl methyl sites for hydroxylation is 1. The Labute approximate surface area is 109 Å². The quantitative estimate of drug-likeness (QED) is 0.630. The van der Waals surface area contributed by atoms with Crippen molar-refractivity contribution < 1.29 is 0 Å². The van der Waals surface area contributed by atoms with Crippen LogP contribution < -0.4 is 0 Å². The summed E-state index contributed by atoms with van der Waals surface area (Å²) in [6.45, 7) is 7.51. The van der Waals surface area contributed by atoms with Gasteiger partial charge in [-0.3, -0.25) is 0 Å². The lowest BCUT2D eigenvalue weighted by Gasteiger charge is -2.04. The molecule has 0 heteroatoms. The summed E-state index contributed by atoms with van der Waals surface area (Å²) >= 11 is 0. The van der Waals surface area contributed by atoms with Gasteiger partial charge in [-0.25, -0.2) is 0 Å². The summed E-state index contributed by atoms with van der Waals surface area (Å²) in [5.41, 5.74) is 5.02. The van der Waals surface area contributed by atoms with E-state index in [0.717, 1.165) is 18.4 Å². The fourth-order valence-electron chi connectivity index (χ4n) is 1.94. The van der Waals surface area contributed by atoms with Crippen molar-refractivity contribution in [3.8, 4) is 11.1 Å². The van der Waals surface area contributed by atoms with Crippen LogP contribution >= 0.6 is 0 Å². The van der Waals surface area contributed by atoms with Gasteiger partial charge in [0.1, 0.15) is 0 Å². The van der Waals surface area contributed by atoms with E-state index < -0.39 is 0 Å². The average molecular weight is 234 g/mol. The van der Waals surface area contributed by atoms with Crippen LogP contribution in [0.5, 0.6) is 0 Å². The third-order valence-corrected chi connectivity index (χ3v) is 3.07. The van der Waals surface area contributed by atoms with Crippen molar-refractivity contribution in [3.05, 3.63) is 78.9 Å². The van der Waals surface area contributed by atoms with Crippen LogP contribution in [0, 0.1) is 0 Å². The van der Waals surface area contributed by atoms with Gasteiger partial charge in [-0.1, -0.05) is 67.3 Å². The lowest BCUT2D eigenvalue weighted by molar-refractivity contribution is 1.00. The highest BCUT2D eigenvalue weighted by Crippen LogP contribution is 2.21. The third kappa shape index (κ3) is 2.98. The van der Waals surface area contributed by atoms with E-state index >= 15 is 0 Å². The van der Waals surface area contributed by atoms with Crippen molar-refractivity contribution in [1.82, 2.24) is 0 Å². The van der Waals surface area contributed by atoms with E-state index in [9.17, 15) is 0 Å². The molecule has 0 unspecified atom stereocenters. The maximum atomic E-state index is 3.77. The summed E-state index contributed by atoms with van der Waals surface area (Å²) in [6.07, 6.45) is 5.93. The summed E-state index contributed by atoms with van der Waals surface area (Å²) in [5.74, 6) is 0. The first-order valence-electron chi connectivity index (χ1n) is 6.26. The standard InChI is InChI=1S/C18H18/c1-3-5-6-16-9-13-18(14-10-16)17-11-7-15(4-2)8-12-17/h3-4,7-14H,1-2,5-6H2. The molecule has 0 fully saturated rings. The minimum Gasteiger partial charge on any atom is -0.103 e. The van der Waals surface area contributed by atoms with Crippen LogP contribution in [0.3, 0.4) is 0 Å². The normalized spacial score (nSPS) is 10.0. The number of rotatable bonds is 5. The van der Waals surface area contributed by atoms with E-state index in [1.807, 2.05) is 12.2 Å². The maximum absolute atomic E-state index is 3.77. The predicted octanol–water partition coefficient (Wildman–Crippen LogP) is 5.12. The molecule has 0 N–H and O–H groups in total. The Bertz CT molecular complexity index is 515. The first-order chi connectivity index (χ1) is 8.83. The summed E-state index contributed by atoms with van der Waals surface area (Å²) in [7, 11) is 0. The Hall–Kier alpha value is -2.08. The summed E-state index contributed by atoms with van der Waals surface area (Å²) in [5, 5.41) is 0. The summed E-state index contributed by atoms with van der Waals surface area (Å²) < 4.78 is 0. The lowest BCUT2D eigenvalue weighted by Crippen LogP contribution is -1.84. The van der Waals surface area contributed by atoms with E-state index in [1.54, 1.807) is 0 Å². The zero-order chi connectivity index (χ0) is 12.8. The molecule has 90 valence electrons. The predicted molar refractivity (Wildman–Crippen MR) is 80.5 cm³/mol. The molecule has 2 rings (SSSR count). The van der Waals surface area contributed by atoms with Gasteiger partial charge in [0.2, 0.25) is 0 Å². The van der Waals surface area contributed by atoms with E-state index in [1.165, 1.54) is 16.7 Å². The minimum absolute atomic E-state index is 1.04. The number of benzene rings is 2. The first-order valence-corrected chi connectivity index (χ1v) is 6.26. The van der Waals surface area contributed by atoms with Crippen LogP contribution in [-0.2, 0) is 6.42 Å². The van der Waals surface area contributed by atoms with Gasteiger partial charge in [0.25, 0.3) is 0 Å². The van der Waals surface area contributed by atoms with Gasteiger partial charge in [-0.15, -0.1) is 6.58 Å². The molecule has 2 aromatic rings. The molecule has 0 saturated heterocycles. The minimum atomic E-state index is 1.04. The molecule has 0 heterocycles. The van der Waals surface area contributed by atoms with Gasteiger partial charge in [0.15, 0.2) is 0 Å². The van der Waals surface area contributed by atoms with Crippen LogP contribution in [0.25, 0.3) is 17.2 Å². The largest absolute Gasteiger partial charge is 0.103 e. The van der Waals surface area contributed by atoms with Gasteiger partial charge in [0.05, 0.1) is 0 Å². The second-order valence-electron chi connectivity index (χ2n) is 4.35. The molecule has 0 aliphatic rings. The van der Waals surface area contributed by atoms with Crippen LogP contribution in [0.1, 0.15) is 17.5 Å². The Morgan fingerprint density at radius 1 is 0.778 bits per heavy atom. The van der Waals surface area contributed by atoms with Crippen molar-refractivity contribution >= 4 is 6.08 Å². The Kier molecular flexibility index (Phi) is 4.14. The second-order valence-corrected chi connectivity index (χ2v) is 4.35. The maximum Gasteiger partial charge on any atom is -0.0184 e. The zero-order valence-corrected chi connectivity index (χ0v) is 10.6. The smallest absolute Gasteiger partial charge is 0.0184 e. The Balaban J connectivity index is 2.17. The average Bonchev–Trinajstić information content (AvgIpc) is 2.46. The van der Waals surface area contributed by atoms with Crippen LogP contribution in [-0.4, -0.2) is 0 Å². The van der Waals surface area contributed by atoms with Crippen molar-refractivity contribution in [2.24, 2.45) is 0 Å². The van der Waals surface area contributed by atoms with Crippen molar-refractivity contribution in [1.29, 1.82) is 0 Å². The second kappa shape index (κ2) is 6.02. The third-order valence-electron chi connectivity index (χ3n) is 3.07. The van der Waals surface area contributed by atoms with Gasteiger partial charge < -0.3 is 0 Å². The van der Waals surface area contributed by atoms with Crippen molar-refractivity contribution in [2.75, 3.05) is 0 Å². The molecule has 2 aromatic carbocycles. The molecule has 0 nitrogen and oxygen atoms in total. The number of allylic oxidation sites excluding steroid dienone is 1. The van der Waals surface area contributed by atoms with E-state index in [-0.39, 0.29) is 0 Å². The SMILES string of the molecule is C=CCCc1ccc(-c2ccc(C=C)cc2)cc1. The molecule has 0 aliphatic heterocycles. The molecule has 0 radical (unpaired) electrons. The monoisotopic (exact) mass is 234 g/mol. The van der Waals surface area contributed by atoms with E-state index in [4.69, 9.17) is 0 Å². The molecule has 0 atom stereocenters. The van der Waals surface area contributed by atoms with Gasteiger partial charge in [-0.05, 0) is 35.1 Å². The highest BCUT2D eigenvalue weighted by molar-refractivity contribution is 5.65. The van der Waals surface area contributed by atoms with Gasteiger partial charge >= 0.3 is 0 Å². The molecule has 0 spiro atoms. The summed E-state index contributed by atoms with van der Waals surface area (Å²) in [4.78, 5) is 0. The fraction of sp³-hybridized carbons (Fsp3) is 0.111. The molecular formula is C18H18. The van der Waals surface area contributed by atoms with Gasteiger partial charge in [0, 0.05) is 0 Å². The van der Waals surface area contributed by atoms with Crippen LogP contribution in [0.4, 0.5) is 0 Å². The molecule has 0 saturated carbocycles. The molecule has 0 aromatic heterocycles. The molecule has 0 amide bonds. The molecule has 0 bridgehead atoms. The van der Waals surface area contributed by atoms with E-state index in [2.05, 4.69) is 61.7 Å². The van der Waals surface area contributed by atoms with E-state index in [0.29, 0.717) is 0 Å². The number of hydrogen-bond donors (Lipinski definition) is 0. The first kappa shape index (κ1) is 12.4. The van der Waals surface area contributed by atoms with Crippen molar-refractivity contribution in [3.63, 3.8) is 0 Å². The molecule has 18 heavy (non-hydrogen) atoms. The van der Waals surface area contributed by atoms with Crippen molar-refractivity contribution in [2.45, 2.75) is 12.8 Å². The Morgan fingerprint density at radius 2 is 1.33 bits per heavy atom. The highest BCUT2D eigenvalue weighted by atomic mass is 14.0. The van der Waals surface area contributed by atoms with Gasteiger partial charge in [-0.2, -0.15) is 0 Å². The fourth-order valence-corrected chi connectivity index (χ4v) is 1.94. The molecule has 0 aliphatic carbocycles. The Morgan fingerprint density at radius 3 is 1.83 bits per heavy atom. The lowest BCUT2D eigenvalue weighted by atomic mass is 10.0. The van der Waals surface area contributed by atoms with Crippen LogP contribution in [0.2, 0.25) is 0 Å². The summed E-state index contributed by atoms with van der Waals surface area (Å²) in [6, 6.07) is 17.2. The zero-order valence-electron chi connectivity index (χ0n) is 10.6. The highest BCUT2D eigenvalue weighted by Gasteiger charge is 1.98. The van der Waals surface area contributed by atoms with Crippen LogP contribution in [0.15, 0.2) is 67.8 Å². The topological polar surface area (TPSA) is 0 Å². The number of hydrogen-bond acceptors (Lipinski definition) is 0. The molecular weight excluding hydrogens is 216 g/mol.